The lowest BCUT2D eigenvalue weighted by atomic mass is 10.00. The van der Waals surface area contributed by atoms with E-state index in [1.165, 1.54) is 16.7 Å². The molecule has 0 heterocycles. The van der Waals surface area contributed by atoms with Crippen molar-refractivity contribution in [1.82, 2.24) is 0 Å². The zero-order valence-corrected chi connectivity index (χ0v) is 8.51. The van der Waals surface area contributed by atoms with Crippen LogP contribution in [-0.2, 0) is 12.8 Å². The Labute approximate surface area is 80.4 Å². The van der Waals surface area contributed by atoms with E-state index in [4.69, 9.17) is 5.11 Å². The summed E-state index contributed by atoms with van der Waals surface area (Å²) < 4.78 is 0. The van der Waals surface area contributed by atoms with Gasteiger partial charge < -0.3 is 5.11 Å². The fraction of sp³-hybridized carbons (Fsp3) is 0.500. The van der Waals surface area contributed by atoms with Gasteiger partial charge in [0.2, 0.25) is 0 Å². The summed E-state index contributed by atoms with van der Waals surface area (Å²) in [5.41, 5.74) is 4.11. The van der Waals surface area contributed by atoms with Gasteiger partial charge in [0.15, 0.2) is 0 Å². The number of hydrogen-bond acceptors (Lipinski definition) is 1. The maximum atomic E-state index is 8.74. The number of aliphatic hydroxyl groups excluding tert-OH is 1. The standard InChI is InChI=1S/C12H18O/c1-3-11-7-6-10(2)12(9-11)5-4-8-13/h6-7,9,13H,3-5,8H2,1-2H3. The summed E-state index contributed by atoms with van der Waals surface area (Å²) in [5.74, 6) is 0. The van der Waals surface area contributed by atoms with Crippen molar-refractivity contribution < 1.29 is 5.11 Å². The van der Waals surface area contributed by atoms with Crippen LogP contribution in [-0.4, -0.2) is 11.7 Å². The molecule has 1 aromatic rings. The second-order valence-electron chi connectivity index (χ2n) is 3.44. The lowest BCUT2D eigenvalue weighted by molar-refractivity contribution is 0.288. The molecule has 72 valence electrons. The highest BCUT2D eigenvalue weighted by Crippen LogP contribution is 2.13. The van der Waals surface area contributed by atoms with Gasteiger partial charge in [0.25, 0.3) is 0 Å². The highest BCUT2D eigenvalue weighted by Gasteiger charge is 1.98. The van der Waals surface area contributed by atoms with Crippen LogP contribution in [0.25, 0.3) is 0 Å². The molecule has 0 aliphatic rings. The quantitative estimate of drug-likeness (QED) is 0.751. The molecule has 0 radical (unpaired) electrons. The van der Waals surface area contributed by atoms with E-state index in [-0.39, 0.29) is 6.61 Å². The Kier molecular flexibility index (Phi) is 3.97. The molecule has 1 heteroatoms. The highest BCUT2D eigenvalue weighted by atomic mass is 16.2. The van der Waals surface area contributed by atoms with E-state index in [0.29, 0.717) is 0 Å². The lowest BCUT2D eigenvalue weighted by Gasteiger charge is -2.06. The predicted octanol–water partition coefficient (Wildman–Crippen LogP) is 2.48. The van der Waals surface area contributed by atoms with E-state index in [1.807, 2.05) is 0 Å². The third kappa shape index (κ3) is 2.85. The molecule has 0 bridgehead atoms. The van der Waals surface area contributed by atoms with Gasteiger partial charge in [0.05, 0.1) is 0 Å². The van der Waals surface area contributed by atoms with Crippen LogP contribution in [0.3, 0.4) is 0 Å². The Bertz CT molecular complexity index is 266. The fourth-order valence-electron chi connectivity index (χ4n) is 1.48. The van der Waals surface area contributed by atoms with Crippen LogP contribution < -0.4 is 0 Å². The van der Waals surface area contributed by atoms with Gasteiger partial charge in [-0.15, -0.1) is 0 Å². The monoisotopic (exact) mass is 178 g/mol. The van der Waals surface area contributed by atoms with Crippen molar-refractivity contribution in [2.45, 2.75) is 33.1 Å². The number of benzene rings is 1. The predicted molar refractivity (Wildman–Crippen MR) is 56.0 cm³/mol. The molecule has 0 fully saturated rings. The number of aryl methyl sites for hydroxylation is 3. The molecule has 1 aromatic carbocycles. The normalized spacial score (nSPS) is 10.4. The van der Waals surface area contributed by atoms with E-state index >= 15 is 0 Å². The number of rotatable bonds is 4. The Hall–Kier alpha value is -0.820. The minimum absolute atomic E-state index is 0.287. The maximum Gasteiger partial charge on any atom is 0.0434 e. The first-order chi connectivity index (χ1) is 6.27. The minimum atomic E-state index is 0.287. The summed E-state index contributed by atoms with van der Waals surface area (Å²) >= 11 is 0. The molecule has 0 aromatic heterocycles. The molecule has 0 saturated heterocycles. The van der Waals surface area contributed by atoms with Gasteiger partial charge >= 0.3 is 0 Å². The second kappa shape index (κ2) is 5.03. The van der Waals surface area contributed by atoms with Crippen molar-refractivity contribution in [3.05, 3.63) is 34.9 Å². The van der Waals surface area contributed by atoms with Gasteiger partial charge in [-0.1, -0.05) is 25.1 Å². The van der Waals surface area contributed by atoms with Crippen molar-refractivity contribution in [2.24, 2.45) is 0 Å². The lowest BCUT2D eigenvalue weighted by Crippen LogP contribution is -1.94. The van der Waals surface area contributed by atoms with Crippen molar-refractivity contribution in [1.29, 1.82) is 0 Å². The van der Waals surface area contributed by atoms with Gasteiger partial charge in [-0.3, -0.25) is 0 Å². The molecule has 1 nitrogen and oxygen atoms in total. The summed E-state index contributed by atoms with van der Waals surface area (Å²) in [5, 5.41) is 8.74. The first-order valence-electron chi connectivity index (χ1n) is 4.97. The number of aliphatic hydroxyl groups is 1. The van der Waals surface area contributed by atoms with Crippen LogP contribution in [0.4, 0.5) is 0 Å². The minimum Gasteiger partial charge on any atom is -0.396 e. The van der Waals surface area contributed by atoms with Gasteiger partial charge in [0, 0.05) is 6.61 Å². The SMILES string of the molecule is CCc1ccc(C)c(CCCO)c1. The summed E-state index contributed by atoms with van der Waals surface area (Å²) in [6, 6.07) is 6.61. The van der Waals surface area contributed by atoms with Gasteiger partial charge in [-0.25, -0.2) is 0 Å². The molecule has 0 amide bonds. The topological polar surface area (TPSA) is 20.2 Å². The largest absolute Gasteiger partial charge is 0.396 e. The smallest absolute Gasteiger partial charge is 0.0434 e. The van der Waals surface area contributed by atoms with Crippen LogP contribution in [0.1, 0.15) is 30.0 Å². The van der Waals surface area contributed by atoms with Crippen molar-refractivity contribution in [3.63, 3.8) is 0 Å². The van der Waals surface area contributed by atoms with Gasteiger partial charge in [0.1, 0.15) is 0 Å². The molecule has 0 atom stereocenters. The molecule has 0 aliphatic heterocycles. The molecule has 0 spiro atoms. The van der Waals surface area contributed by atoms with E-state index in [9.17, 15) is 0 Å². The Morgan fingerprint density at radius 1 is 1.31 bits per heavy atom. The van der Waals surface area contributed by atoms with E-state index in [0.717, 1.165) is 19.3 Å². The third-order valence-electron chi connectivity index (χ3n) is 2.43. The zero-order chi connectivity index (χ0) is 9.68. The van der Waals surface area contributed by atoms with Crippen molar-refractivity contribution >= 4 is 0 Å². The molecule has 0 saturated carbocycles. The van der Waals surface area contributed by atoms with Crippen molar-refractivity contribution in [2.75, 3.05) is 6.61 Å². The molecular formula is C12H18O. The fourth-order valence-corrected chi connectivity index (χ4v) is 1.48. The third-order valence-corrected chi connectivity index (χ3v) is 2.43. The van der Waals surface area contributed by atoms with Crippen LogP contribution >= 0.6 is 0 Å². The summed E-state index contributed by atoms with van der Waals surface area (Å²) in [7, 11) is 0. The summed E-state index contributed by atoms with van der Waals surface area (Å²) in [6.45, 7) is 4.59. The van der Waals surface area contributed by atoms with Crippen LogP contribution in [0.2, 0.25) is 0 Å². The molecule has 1 rings (SSSR count). The maximum absolute atomic E-state index is 8.74. The molecule has 0 unspecified atom stereocenters. The zero-order valence-electron chi connectivity index (χ0n) is 8.51. The molecular weight excluding hydrogens is 160 g/mol. The van der Waals surface area contributed by atoms with Crippen LogP contribution in [0, 0.1) is 6.92 Å². The van der Waals surface area contributed by atoms with E-state index in [2.05, 4.69) is 32.0 Å². The Morgan fingerprint density at radius 2 is 2.08 bits per heavy atom. The van der Waals surface area contributed by atoms with Gasteiger partial charge in [-0.2, -0.15) is 0 Å². The van der Waals surface area contributed by atoms with Gasteiger partial charge in [-0.05, 0) is 42.9 Å². The van der Waals surface area contributed by atoms with Crippen LogP contribution in [0.15, 0.2) is 18.2 Å². The average molecular weight is 178 g/mol. The second-order valence-corrected chi connectivity index (χ2v) is 3.44. The highest BCUT2D eigenvalue weighted by molar-refractivity contribution is 5.31. The van der Waals surface area contributed by atoms with Crippen LogP contribution in [0.5, 0.6) is 0 Å². The Balaban J connectivity index is 2.78. The number of hydrogen-bond donors (Lipinski definition) is 1. The van der Waals surface area contributed by atoms with Crippen molar-refractivity contribution in [3.8, 4) is 0 Å². The Morgan fingerprint density at radius 3 is 2.69 bits per heavy atom. The molecule has 1 N–H and O–H groups in total. The first kappa shape index (κ1) is 10.3. The summed E-state index contributed by atoms with van der Waals surface area (Å²) in [6.07, 6.45) is 2.95. The molecule has 0 aliphatic carbocycles. The summed E-state index contributed by atoms with van der Waals surface area (Å²) in [4.78, 5) is 0. The molecule has 13 heavy (non-hydrogen) atoms. The van der Waals surface area contributed by atoms with E-state index < -0.39 is 0 Å². The van der Waals surface area contributed by atoms with E-state index in [1.54, 1.807) is 0 Å². The first-order valence-corrected chi connectivity index (χ1v) is 4.97. The average Bonchev–Trinajstić information content (AvgIpc) is 2.17.